The third-order valence-corrected chi connectivity index (χ3v) is 5.35. The molecular weight excluding hydrogens is 386 g/mol. The Hall–Kier alpha value is -3.03. The van der Waals surface area contributed by atoms with Crippen molar-refractivity contribution in [3.8, 4) is 11.5 Å². The maximum Gasteiger partial charge on any atom is 0.276 e. The van der Waals surface area contributed by atoms with E-state index in [-0.39, 0.29) is 30.0 Å². The maximum absolute atomic E-state index is 12.9. The van der Waals surface area contributed by atoms with Crippen molar-refractivity contribution in [2.24, 2.45) is 5.92 Å². The first-order valence-electron chi connectivity index (χ1n) is 10.4. The zero-order valence-electron chi connectivity index (χ0n) is 17.8. The molecule has 1 aromatic carbocycles. The van der Waals surface area contributed by atoms with E-state index >= 15 is 0 Å². The average Bonchev–Trinajstić information content (AvgIpc) is 3.27. The summed E-state index contributed by atoms with van der Waals surface area (Å²) in [7, 11) is 1.57. The van der Waals surface area contributed by atoms with Gasteiger partial charge in [-0.25, -0.2) is 0 Å². The molecule has 0 aliphatic carbocycles. The molecule has 162 valence electrons. The number of rotatable bonds is 8. The van der Waals surface area contributed by atoms with Crippen molar-refractivity contribution in [3.05, 3.63) is 41.8 Å². The summed E-state index contributed by atoms with van der Waals surface area (Å²) in [6.07, 6.45) is 1.60. The van der Waals surface area contributed by atoms with Crippen LogP contribution in [-0.2, 0) is 11.4 Å². The Balaban J connectivity index is 1.60. The summed E-state index contributed by atoms with van der Waals surface area (Å²) in [5, 5.41) is 3.91. The van der Waals surface area contributed by atoms with Crippen LogP contribution < -0.4 is 9.47 Å². The summed E-state index contributed by atoms with van der Waals surface area (Å²) in [6.45, 7) is 6.45. The summed E-state index contributed by atoms with van der Waals surface area (Å²) in [5.41, 5.74) is 0.226. The van der Waals surface area contributed by atoms with Crippen molar-refractivity contribution in [2.45, 2.75) is 33.3 Å². The fourth-order valence-corrected chi connectivity index (χ4v) is 3.69. The van der Waals surface area contributed by atoms with Crippen LogP contribution in [0, 0.1) is 5.92 Å². The smallest absolute Gasteiger partial charge is 0.276 e. The van der Waals surface area contributed by atoms with Crippen LogP contribution in [0.5, 0.6) is 11.5 Å². The molecule has 2 heterocycles. The molecule has 2 aromatic rings. The van der Waals surface area contributed by atoms with Gasteiger partial charge in [0.1, 0.15) is 6.61 Å². The van der Waals surface area contributed by atoms with E-state index in [1.165, 1.54) is 0 Å². The van der Waals surface area contributed by atoms with Crippen LogP contribution in [0.2, 0.25) is 0 Å². The molecule has 1 aliphatic rings. The predicted octanol–water partition coefficient (Wildman–Crippen LogP) is 2.98. The number of piperidine rings is 1. The normalized spacial score (nSPS) is 16.2. The van der Waals surface area contributed by atoms with Gasteiger partial charge in [0, 0.05) is 32.2 Å². The largest absolute Gasteiger partial charge is 0.493 e. The number of hydrogen-bond donors (Lipinski definition) is 0. The number of carbonyl (C=O) groups excluding carboxylic acids is 2. The van der Waals surface area contributed by atoms with Crippen molar-refractivity contribution in [1.29, 1.82) is 0 Å². The van der Waals surface area contributed by atoms with E-state index in [2.05, 4.69) is 5.16 Å². The molecule has 1 fully saturated rings. The lowest BCUT2D eigenvalue weighted by atomic mass is 9.96. The van der Waals surface area contributed by atoms with E-state index in [1.807, 2.05) is 30.9 Å². The lowest BCUT2D eigenvalue weighted by molar-refractivity contribution is -0.136. The lowest BCUT2D eigenvalue weighted by Gasteiger charge is -2.34. The highest BCUT2D eigenvalue weighted by Crippen LogP contribution is 2.27. The highest BCUT2D eigenvalue weighted by atomic mass is 16.5. The molecular formula is C22H29N3O5. The van der Waals surface area contributed by atoms with Gasteiger partial charge in [-0.3, -0.25) is 9.59 Å². The van der Waals surface area contributed by atoms with Gasteiger partial charge in [0.2, 0.25) is 5.91 Å². The van der Waals surface area contributed by atoms with Crippen molar-refractivity contribution >= 4 is 11.8 Å². The van der Waals surface area contributed by atoms with Crippen LogP contribution >= 0.6 is 0 Å². The Labute approximate surface area is 176 Å². The number of ether oxygens (including phenoxy) is 2. The van der Waals surface area contributed by atoms with Crippen LogP contribution in [0.4, 0.5) is 0 Å². The minimum absolute atomic E-state index is 0.114. The fourth-order valence-electron chi connectivity index (χ4n) is 3.69. The summed E-state index contributed by atoms with van der Waals surface area (Å²) >= 11 is 0. The Kier molecular flexibility index (Phi) is 7.32. The minimum Gasteiger partial charge on any atom is -0.493 e. The molecule has 0 spiro atoms. The Bertz CT molecular complexity index is 862. The second kappa shape index (κ2) is 10.1. The number of likely N-dealkylation sites (tertiary alicyclic amines) is 1. The van der Waals surface area contributed by atoms with E-state index in [9.17, 15) is 9.59 Å². The first-order valence-corrected chi connectivity index (χ1v) is 10.4. The SMILES string of the molecule is CCN(CC)C(=O)[C@H]1CCCN(C(=O)c2cc(COc3ccccc3OC)on2)C1. The molecule has 8 nitrogen and oxygen atoms in total. The Morgan fingerprint density at radius 3 is 2.67 bits per heavy atom. The number of amides is 2. The minimum atomic E-state index is -0.223. The first-order chi connectivity index (χ1) is 14.6. The standard InChI is InChI=1S/C22H29N3O5/c1-4-24(5-2)21(26)16-9-8-12-25(14-16)22(27)18-13-17(30-23-18)15-29-20-11-7-6-10-19(20)28-3/h6-7,10-11,13,16H,4-5,8-9,12,14-15H2,1-3H3/t16-/m0/s1. The van der Waals surface area contributed by atoms with Crippen molar-refractivity contribution in [2.75, 3.05) is 33.3 Å². The van der Waals surface area contributed by atoms with Crippen LogP contribution in [0.1, 0.15) is 42.9 Å². The maximum atomic E-state index is 12.9. The number of benzene rings is 1. The van der Waals surface area contributed by atoms with Crippen molar-refractivity contribution in [3.63, 3.8) is 0 Å². The van der Waals surface area contributed by atoms with Crippen LogP contribution in [-0.4, -0.2) is 60.1 Å². The van der Waals surface area contributed by atoms with E-state index in [1.54, 1.807) is 30.2 Å². The molecule has 0 bridgehead atoms. The summed E-state index contributed by atoms with van der Waals surface area (Å²) < 4.78 is 16.3. The summed E-state index contributed by atoms with van der Waals surface area (Å²) in [5.74, 6) is 1.37. The molecule has 30 heavy (non-hydrogen) atoms. The molecule has 0 unspecified atom stereocenters. The molecule has 0 radical (unpaired) electrons. The highest BCUT2D eigenvalue weighted by Gasteiger charge is 2.31. The Morgan fingerprint density at radius 1 is 1.23 bits per heavy atom. The monoisotopic (exact) mass is 415 g/mol. The third-order valence-electron chi connectivity index (χ3n) is 5.35. The molecule has 8 heteroatoms. The first kappa shape index (κ1) is 21.7. The van der Waals surface area contributed by atoms with Gasteiger partial charge in [-0.05, 0) is 38.8 Å². The van der Waals surface area contributed by atoms with E-state index < -0.39 is 0 Å². The predicted molar refractivity (Wildman–Crippen MR) is 110 cm³/mol. The van der Waals surface area contributed by atoms with Gasteiger partial charge in [-0.15, -0.1) is 0 Å². The Morgan fingerprint density at radius 2 is 1.97 bits per heavy atom. The van der Waals surface area contributed by atoms with Gasteiger partial charge >= 0.3 is 0 Å². The quantitative estimate of drug-likeness (QED) is 0.659. The molecule has 1 aliphatic heterocycles. The van der Waals surface area contributed by atoms with Gasteiger partial charge in [-0.2, -0.15) is 0 Å². The van der Waals surface area contributed by atoms with Crippen LogP contribution in [0.25, 0.3) is 0 Å². The number of hydrogen-bond acceptors (Lipinski definition) is 6. The second-order valence-corrected chi connectivity index (χ2v) is 7.22. The number of nitrogens with zero attached hydrogens (tertiary/aromatic N) is 3. The number of aromatic nitrogens is 1. The zero-order valence-corrected chi connectivity index (χ0v) is 17.8. The number of para-hydroxylation sites is 2. The zero-order chi connectivity index (χ0) is 21.5. The molecule has 0 N–H and O–H groups in total. The van der Waals surface area contributed by atoms with E-state index in [0.717, 1.165) is 12.8 Å². The topological polar surface area (TPSA) is 85.1 Å². The lowest BCUT2D eigenvalue weighted by Crippen LogP contribution is -2.46. The molecule has 1 atom stereocenters. The number of methoxy groups -OCH3 is 1. The molecule has 1 saturated heterocycles. The van der Waals surface area contributed by atoms with Gasteiger partial charge in [-0.1, -0.05) is 17.3 Å². The van der Waals surface area contributed by atoms with Crippen molar-refractivity contribution in [1.82, 2.24) is 15.0 Å². The van der Waals surface area contributed by atoms with Crippen molar-refractivity contribution < 1.29 is 23.6 Å². The number of carbonyl (C=O) groups is 2. The average molecular weight is 415 g/mol. The fraction of sp³-hybridized carbons (Fsp3) is 0.500. The van der Waals surface area contributed by atoms with Crippen LogP contribution in [0.3, 0.4) is 0 Å². The second-order valence-electron chi connectivity index (χ2n) is 7.22. The molecule has 0 saturated carbocycles. The highest BCUT2D eigenvalue weighted by molar-refractivity contribution is 5.92. The van der Waals surface area contributed by atoms with Crippen LogP contribution in [0.15, 0.2) is 34.9 Å². The van der Waals surface area contributed by atoms with E-state index in [4.69, 9.17) is 14.0 Å². The van der Waals surface area contributed by atoms with Gasteiger partial charge in [0.25, 0.3) is 5.91 Å². The van der Waals surface area contributed by atoms with Gasteiger partial charge in [0.05, 0.1) is 13.0 Å². The summed E-state index contributed by atoms with van der Waals surface area (Å²) in [6, 6.07) is 8.89. The van der Waals surface area contributed by atoms with E-state index in [0.29, 0.717) is 43.4 Å². The molecule has 1 aromatic heterocycles. The molecule has 3 rings (SSSR count). The summed E-state index contributed by atoms with van der Waals surface area (Å²) in [4.78, 5) is 29.1. The van der Waals surface area contributed by atoms with Gasteiger partial charge < -0.3 is 23.8 Å². The molecule has 2 amide bonds. The third kappa shape index (κ3) is 4.93. The van der Waals surface area contributed by atoms with Gasteiger partial charge in [0.15, 0.2) is 23.0 Å².